The number of carbonyl (C=O) groups is 1. The summed E-state index contributed by atoms with van der Waals surface area (Å²) in [5.41, 5.74) is 2.37. The number of para-hydroxylation sites is 1. The van der Waals surface area contributed by atoms with E-state index in [0.717, 1.165) is 11.3 Å². The Kier molecular flexibility index (Phi) is 4.69. The quantitative estimate of drug-likeness (QED) is 0.678. The molecule has 0 atom stereocenters. The largest absolute Gasteiger partial charge is 0.322 e. The Bertz CT molecular complexity index is 834. The number of hydrogen-bond acceptors (Lipinski definition) is 2. The molecule has 1 aromatic heterocycles. The average Bonchev–Trinajstić information content (AvgIpc) is 2.99. The van der Waals surface area contributed by atoms with Crippen molar-refractivity contribution in [2.75, 3.05) is 5.32 Å². The van der Waals surface area contributed by atoms with Gasteiger partial charge in [0.05, 0.1) is 0 Å². The smallest absolute Gasteiger partial charge is 0.256 e. The summed E-state index contributed by atoms with van der Waals surface area (Å²) in [5.74, 6) is -0.0983. The molecule has 0 saturated heterocycles. The molecule has 3 rings (SSSR count). The maximum atomic E-state index is 12.5. The molecule has 3 aromatic rings. The molecule has 0 unspecified atom stereocenters. The average molecular weight is 319 g/mol. The standard InChI is InChI=1S/C20H17NOS/c1-15-11-13-18(23-15)14-12-16-7-5-6-10-19(16)20(22)21-17-8-3-2-4-9-17/h2-14H,1H3,(H,21,22). The highest BCUT2D eigenvalue weighted by Gasteiger charge is 2.09. The Labute approximate surface area is 140 Å². The van der Waals surface area contributed by atoms with Crippen LogP contribution in [0.5, 0.6) is 0 Å². The van der Waals surface area contributed by atoms with E-state index in [1.165, 1.54) is 9.75 Å². The van der Waals surface area contributed by atoms with Crippen LogP contribution in [0.2, 0.25) is 0 Å². The van der Waals surface area contributed by atoms with Crippen LogP contribution in [0.4, 0.5) is 5.69 Å². The minimum atomic E-state index is -0.0983. The number of carbonyl (C=O) groups excluding carboxylic acids is 1. The summed E-state index contributed by atoms with van der Waals surface area (Å²) in [5, 5.41) is 2.93. The minimum absolute atomic E-state index is 0.0983. The summed E-state index contributed by atoms with van der Waals surface area (Å²) in [6, 6.07) is 21.3. The Morgan fingerprint density at radius 1 is 0.913 bits per heavy atom. The van der Waals surface area contributed by atoms with E-state index in [1.54, 1.807) is 11.3 Å². The van der Waals surface area contributed by atoms with Crippen molar-refractivity contribution >= 4 is 35.1 Å². The van der Waals surface area contributed by atoms with Gasteiger partial charge in [0.25, 0.3) is 5.91 Å². The maximum Gasteiger partial charge on any atom is 0.256 e. The number of aryl methyl sites for hydroxylation is 1. The predicted octanol–water partition coefficient (Wildman–Crippen LogP) is 5.48. The molecule has 0 aliphatic heterocycles. The van der Waals surface area contributed by atoms with E-state index < -0.39 is 0 Å². The molecule has 1 N–H and O–H groups in total. The second kappa shape index (κ2) is 7.07. The van der Waals surface area contributed by atoms with Gasteiger partial charge >= 0.3 is 0 Å². The molecule has 1 heterocycles. The SMILES string of the molecule is Cc1ccc(C=Cc2ccccc2C(=O)Nc2ccccc2)s1. The van der Waals surface area contributed by atoms with Crippen molar-refractivity contribution in [2.24, 2.45) is 0 Å². The van der Waals surface area contributed by atoms with E-state index >= 15 is 0 Å². The van der Waals surface area contributed by atoms with Crippen LogP contribution in [-0.2, 0) is 0 Å². The molecular weight excluding hydrogens is 302 g/mol. The summed E-state index contributed by atoms with van der Waals surface area (Å²) in [4.78, 5) is 15.0. The van der Waals surface area contributed by atoms with Crippen LogP contribution in [0.15, 0.2) is 66.7 Å². The molecule has 0 bridgehead atoms. The van der Waals surface area contributed by atoms with Gasteiger partial charge in [-0.1, -0.05) is 42.5 Å². The van der Waals surface area contributed by atoms with E-state index in [2.05, 4.69) is 24.4 Å². The third-order valence-corrected chi connectivity index (χ3v) is 4.39. The van der Waals surface area contributed by atoms with Gasteiger partial charge in [-0.2, -0.15) is 0 Å². The van der Waals surface area contributed by atoms with Crippen LogP contribution in [0.25, 0.3) is 12.2 Å². The Morgan fingerprint density at radius 3 is 2.39 bits per heavy atom. The Morgan fingerprint density at radius 2 is 1.65 bits per heavy atom. The topological polar surface area (TPSA) is 29.1 Å². The molecule has 0 fully saturated rings. The molecular formula is C20H17NOS. The van der Waals surface area contributed by atoms with Gasteiger partial charge in [-0.05, 0) is 48.9 Å². The van der Waals surface area contributed by atoms with E-state index in [4.69, 9.17) is 0 Å². The second-order valence-electron chi connectivity index (χ2n) is 5.19. The number of rotatable bonds is 4. The van der Waals surface area contributed by atoms with Crippen LogP contribution < -0.4 is 5.32 Å². The molecule has 23 heavy (non-hydrogen) atoms. The fraction of sp³-hybridized carbons (Fsp3) is 0.0500. The van der Waals surface area contributed by atoms with E-state index in [9.17, 15) is 4.79 Å². The summed E-state index contributed by atoms with van der Waals surface area (Å²) >= 11 is 1.74. The van der Waals surface area contributed by atoms with Gasteiger partial charge in [-0.3, -0.25) is 4.79 Å². The van der Waals surface area contributed by atoms with Crippen LogP contribution in [-0.4, -0.2) is 5.91 Å². The number of benzene rings is 2. The van der Waals surface area contributed by atoms with Crippen molar-refractivity contribution in [3.63, 3.8) is 0 Å². The third kappa shape index (κ3) is 3.96. The first-order valence-corrected chi connectivity index (χ1v) is 8.24. The van der Waals surface area contributed by atoms with Crippen molar-refractivity contribution in [3.05, 3.63) is 87.6 Å². The van der Waals surface area contributed by atoms with Gasteiger partial charge < -0.3 is 5.32 Å². The molecule has 2 aromatic carbocycles. The number of anilines is 1. The van der Waals surface area contributed by atoms with E-state index in [0.29, 0.717) is 5.56 Å². The van der Waals surface area contributed by atoms with Crippen molar-refractivity contribution in [1.29, 1.82) is 0 Å². The van der Waals surface area contributed by atoms with Gasteiger partial charge in [-0.15, -0.1) is 11.3 Å². The minimum Gasteiger partial charge on any atom is -0.322 e. The molecule has 3 heteroatoms. The maximum absolute atomic E-state index is 12.5. The van der Waals surface area contributed by atoms with Gasteiger partial charge in [-0.25, -0.2) is 0 Å². The number of thiophene rings is 1. The molecule has 0 aliphatic rings. The zero-order valence-corrected chi connectivity index (χ0v) is 13.6. The summed E-state index contributed by atoms with van der Waals surface area (Å²) in [7, 11) is 0. The zero-order valence-electron chi connectivity index (χ0n) is 12.8. The van der Waals surface area contributed by atoms with Crippen LogP contribution in [0, 0.1) is 6.92 Å². The molecule has 0 radical (unpaired) electrons. The highest BCUT2D eigenvalue weighted by atomic mass is 32.1. The van der Waals surface area contributed by atoms with Crippen molar-refractivity contribution < 1.29 is 4.79 Å². The van der Waals surface area contributed by atoms with Crippen molar-refractivity contribution in [3.8, 4) is 0 Å². The lowest BCUT2D eigenvalue weighted by atomic mass is 10.1. The van der Waals surface area contributed by atoms with Gasteiger partial charge in [0.2, 0.25) is 0 Å². The van der Waals surface area contributed by atoms with Gasteiger partial charge in [0.1, 0.15) is 0 Å². The van der Waals surface area contributed by atoms with Crippen LogP contribution in [0.1, 0.15) is 25.7 Å². The lowest BCUT2D eigenvalue weighted by Crippen LogP contribution is -2.13. The first kappa shape index (κ1) is 15.3. The van der Waals surface area contributed by atoms with Crippen LogP contribution >= 0.6 is 11.3 Å². The first-order chi connectivity index (χ1) is 11.2. The first-order valence-electron chi connectivity index (χ1n) is 7.42. The molecule has 2 nitrogen and oxygen atoms in total. The fourth-order valence-corrected chi connectivity index (χ4v) is 3.06. The van der Waals surface area contributed by atoms with Crippen LogP contribution in [0.3, 0.4) is 0 Å². The number of nitrogens with one attached hydrogen (secondary N) is 1. The monoisotopic (exact) mass is 319 g/mol. The van der Waals surface area contributed by atoms with Crippen molar-refractivity contribution in [1.82, 2.24) is 0 Å². The summed E-state index contributed by atoms with van der Waals surface area (Å²) < 4.78 is 0. The lowest BCUT2D eigenvalue weighted by molar-refractivity contribution is 0.102. The summed E-state index contributed by atoms with van der Waals surface area (Å²) in [6.07, 6.45) is 4.04. The van der Waals surface area contributed by atoms with Gasteiger partial charge in [0, 0.05) is 21.0 Å². The molecule has 1 amide bonds. The molecule has 0 spiro atoms. The predicted molar refractivity (Wildman–Crippen MR) is 98.8 cm³/mol. The highest BCUT2D eigenvalue weighted by Crippen LogP contribution is 2.20. The number of hydrogen-bond donors (Lipinski definition) is 1. The normalized spacial score (nSPS) is 10.8. The Hall–Kier alpha value is -2.65. The summed E-state index contributed by atoms with van der Waals surface area (Å²) in [6.45, 7) is 2.09. The second-order valence-corrected chi connectivity index (χ2v) is 6.51. The zero-order chi connectivity index (χ0) is 16.1. The van der Waals surface area contributed by atoms with Crippen molar-refractivity contribution in [2.45, 2.75) is 6.92 Å². The molecule has 0 saturated carbocycles. The highest BCUT2D eigenvalue weighted by molar-refractivity contribution is 7.12. The van der Waals surface area contributed by atoms with E-state index in [-0.39, 0.29) is 5.91 Å². The van der Waals surface area contributed by atoms with Gasteiger partial charge in [0.15, 0.2) is 0 Å². The van der Waals surface area contributed by atoms with E-state index in [1.807, 2.05) is 66.7 Å². The lowest BCUT2D eigenvalue weighted by Gasteiger charge is -2.07. The molecule has 114 valence electrons. The fourth-order valence-electron chi connectivity index (χ4n) is 2.28. The third-order valence-electron chi connectivity index (χ3n) is 3.43. The molecule has 0 aliphatic carbocycles. The Balaban J connectivity index is 1.82. The number of amides is 1.